The molecule has 0 aliphatic heterocycles. The molecule has 0 saturated heterocycles. The fourth-order valence-electron chi connectivity index (χ4n) is 3.36. The van der Waals surface area contributed by atoms with Crippen molar-refractivity contribution in [3.63, 3.8) is 0 Å². The number of amides is 1. The predicted octanol–water partition coefficient (Wildman–Crippen LogP) is 5.21. The molecule has 1 aliphatic carbocycles. The summed E-state index contributed by atoms with van der Waals surface area (Å²) in [5, 5.41) is 0.691. The normalized spacial score (nSPS) is 18.1. The number of halogens is 2. The Morgan fingerprint density at radius 1 is 1.07 bits per heavy atom. The molecular formula is C22H18ClFN2O. The molecule has 1 fully saturated rings. The van der Waals surface area contributed by atoms with Gasteiger partial charge >= 0.3 is 0 Å². The lowest BCUT2D eigenvalue weighted by Crippen LogP contribution is -2.32. The third kappa shape index (κ3) is 3.86. The number of rotatable bonds is 5. The smallest absolute Gasteiger partial charge is 0.231 e. The molecule has 2 aromatic carbocycles. The Labute approximate surface area is 162 Å². The van der Waals surface area contributed by atoms with Gasteiger partial charge in [0.1, 0.15) is 5.82 Å². The highest BCUT2D eigenvalue weighted by Gasteiger charge is 2.46. The van der Waals surface area contributed by atoms with Crippen LogP contribution in [-0.2, 0) is 11.3 Å². The summed E-state index contributed by atoms with van der Waals surface area (Å²) in [6.45, 7) is 0.344. The molecule has 0 N–H and O–H groups in total. The van der Waals surface area contributed by atoms with Gasteiger partial charge in [0.2, 0.25) is 5.91 Å². The molecule has 136 valence electrons. The Bertz CT molecular complexity index is 946. The second kappa shape index (κ2) is 7.49. The zero-order valence-electron chi connectivity index (χ0n) is 14.6. The number of benzene rings is 2. The average molecular weight is 381 g/mol. The van der Waals surface area contributed by atoms with Crippen molar-refractivity contribution in [1.29, 1.82) is 0 Å². The first-order chi connectivity index (χ1) is 13.1. The molecule has 3 aromatic rings. The van der Waals surface area contributed by atoms with E-state index in [1.165, 1.54) is 12.1 Å². The minimum absolute atomic E-state index is 0.0113. The van der Waals surface area contributed by atoms with E-state index in [0.29, 0.717) is 17.3 Å². The first-order valence-electron chi connectivity index (χ1n) is 8.85. The molecule has 1 saturated carbocycles. The van der Waals surface area contributed by atoms with E-state index in [9.17, 15) is 9.18 Å². The fraction of sp³-hybridized carbons (Fsp3) is 0.182. The van der Waals surface area contributed by atoms with Crippen molar-refractivity contribution in [2.24, 2.45) is 5.92 Å². The Morgan fingerprint density at radius 2 is 1.81 bits per heavy atom. The summed E-state index contributed by atoms with van der Waals surface area (Å²) in [6.07, 6.45) is 2.47. The molecule has 5 heteroatoms. The predicted molar refractivity (Wildman–Crippen MR) is 104 cm³/mol. The van der Waals surface area contributed by atoms with E-state index in [1.807, 2.05) is 42.5 Å². The number of hydrogen-bond acceptors (Lipinski definition) is 2. The molecule has 1 aliphatic rings. The van der Waals surface area contributed by atoms with E-state index in [0.717, 1.165) is 17.7 Å². The van der Waals surface area contributed by atoms with Gasteiger partial charge in [-0.1, -0.05) is 35.9 Å². The van der Waals surface area contributed by atoms with Crippen LogP contribution in [0.2, 0.25) is 5.02 Å². The maximum absolute atomic E-state index is 13.3. The monoisotopic (exact) mass is 380 g/mol. The minimum Gasteiger partial charge on any atom is -0.306 e. The first-order valence-corrected chi connectivity index (χ1v) is 9.22. The van der Waals surface area contributed by atoms with Crippen LogP contribution in [0.5, 0.6) is 0 Å². The topological polar surface area (TPSA) is 33.2 Å². The zero-order chi connectivity index (χ0) is 18.8. The van der Waals surface area contributed by atoms with Gasteiger partial charge in [-0.25, -0.2) is 4.39 Å². The average Bonchev–Trinajstić information content (AvgIpc) is 3.48. The highest BCUT2D eigenvalue weighted by Crippen LogP contribution is 2.50. The van der Waals surface area contributed by atoms with E-state index in [-0.39, 0.29) is 23.6 Å². The van der Waals surface area contributed by atoms with Gasteiger partial charge in [-0.3, -0.25) is 9.78 Å². The van der Waals surface area contributed by atoms with Crippen LogP contribution in [0.15, 0.2) is 72.9 Å². The van der Waals surface area contributed by atoms with E-state index >= 15 is 0 Å². The lowest BCUT2D eigenvalue weighted by molar-refractivity contribution is -0.120. The number of aromatic nitrogens is 1. The number of hydrogen-bond donors (Lipinski definition) is 0. The van der Waals surface area contributed by atoms with E-state index in [4.69, 9.17) is 11.6 Å². The number of pyridine rings is 1. The van der Waals surface area contributed by atoms with Crippen molar-refractivity contribution in [3.05, 3.63) is 95.0 Å². The van der Waals surface area contributed by atoms with Crippen LogP contribution < -0.4 is 4.90 Å². The summed E-state index contributed by atoms with van der Waals surface area (Å²) in [7, 11) is 0. The van der Waals surface area contributed by atoms with Gasteiger partial charge in [-0.15, -0.1) is 0 Å². The summed E-state index contributed by atoms with van der Waals surface area (Å²) in [4.78, 5) is 19.3. The minimum atomic E-state index is -0.329. The van der Waals surface area contributed by atoms with E-state index < -0.39 is 0 Å². The maximum Gasteiger partial charge on any atom is 0.231 e. The van der Waals surface area contributed by atoms with Gasteiger partial charge in [-0.2, -0.15) is 0 Å². The van der Waals surface area contributed by atoms with Crippen molar-refractivity contribution in [2.75, 3.05) is 4.90 Å². The first kappa shape index (κ1) is 17.7. The summed E-state index contributed by atoms with van der Waals surface area (Å²) in [6, 6.07) is 19.2. The highest BCUT2D eigenvalue weighted by molar-refractivity contribution is 6.31. The summed E-state index contributed by atoms with van der Waals surface area (Å²) in [5.41, 5.74) is 2.45. The van der Waals surface area contributed by atoms with Crippen LogP contribution >= 0.6 is 11.6 Å². The molecule has 0 spiro atoms. The van der Waals surface area contributed by atoms with Crippen molar-refractivity contribution in [1.82, 2.24) is 4.98 Å². The SMILES string of the molecule is O=C(C1CC1c1ccccc1Cl)N(Cc1ccccn1)c1ccc(F)cc1. The molecule has 2 atom stereocenters. The quantitative estimate of drug-likeness (QED) is 0.608. The van der Waals surface area contributed by atoms with E-state index in [2.05, 4.69) is 4.98 Å². The van der Waals surface area contributed by atoms with Crippen LogP contribution in [0.1, 0.15) is 23.6 Å². The number of anilines is 1. The maximum atomic E-state index is 13.3. The van der Waals surface area contributed by atoms with Gasteiger partial charge in [0.15, 0.2) is 0 Å². The van der Waals surface area contributed by atoms with Crippen molar-refractivity contribution in [3.8, 4) is 0 Å². The Kier molecular flexibility index (Phi) is 4.90. The number of carbonyl (C=O) groups is 1. The van der Waals surface area contributed by atoms with Gasteiger partial charge in [0, 0.05) is 22.8 Å². The Hall–Kier alpha value is -2.72. The second-order valence-corrected chi connectivity index (χ2v) is 7.10. The standard InChI is InChI=1S/C22H18ClFN2O/c23-21-7-2-1-6-18(21)19-13-20(19)22(27)26(14-16-5-3-4-12-25-16)17-10-8-15(24)9-11-17/h1-12,19-20H,13-14H2. The molecule has 2 unspecified atom stereocenters. The van der Waals surface area contributed by atoms with Gasteiger partial charge in [0.25, 0.3) is 0 Å². The van der Waals surface area contributed by atoms with Crippen LogP contribution in [-0.4, -0.2) is 10.9 Å². The molecular weight excluding hydrogens is 363 g/mol. The zero-order valence-corrected chi connectivity index (χ0v) is 15.3. The molecule has 27 heavy (non-hydrogen) atoms. The summed E-state index contributed by atoms with van der Waals surface area (Å²) in [5.74, 6) is -0.321. The van der Waals surface area contributed by atoms with Gasteiger partial charge in [-0.05, 0) is 60.4 Å². The number of nitrogens with zero attached hydrogens (tertiary/aromatic N) is 2. The van der Waals surface area contributed by atoms with Gasteiger partial charge < -0.3 is 4.90 Å². The Morgan fingerprint density at radius 3 is 2.52 bits per heavy atom. The molecule has 0 bridgehead atoms. The second-order valence-electron chi connectivity index (χ2n) is 6.69. The summed E-state index contributed by atoms with van der Waals surface area (Å²) >= 11 is 6.30. The Balaban J connectivity index is 1.60. The van der Waals surface area contributed by atoms with Crippen molar-refractivity contribution in [2.45, 2.75) is 18.9 Å². The molecule has 1 amide bonds. The third-order valence-corrected chi connectivity index (χ3v) is 5.21. The third-order valence-electron chi connectivity index (χ3n) is 4.86. The lowest BCUT2D eigenvalue weighted by atomic mass is 10.1. The van der Waals surface area contributed by atoms with E-state index in [1.54, 1.807) is 23.2 Å². The summed E-state index contributed by atoms with van der Waals surface area (Å²) < 4.78 is 13.3. The molecule has 1 heterocycles. The highest BCUT2D eigenvalue weighted by atomic mass is 35.5. The van der Waals surface area contributed by atoms with Crippen molar-refractivity contribution >= 4 is 23.2 Å². The van der Waals surface area contributed by atoms with Crippen molar-refractivity contribution < 1.29 is 9.18 Å². The fourth-order valence-corrected chi connectivity index (χ4v) is 3.63. The largest absolute Gasteiger partial charge is 0.306 e. The molecule has 0 radical (unpaired) electrons. The van der Waals surface area contributed by atoms with Crippen LogP contribution in [0.3, 0.4) is 0 Å². The van der Waals surface area contributed by atoms with Crippen LogP contribution in [0.25, 0.3) is 0 Å². The number of carbonyl (C=O) groups excluding carboxylic acids is 1. The van der Waals surface area contributed by atoms with Crippen LogP contribution in [0, 0.1) is 11.7 Å². The molecule has 4 rings (SSSR count). The van der Waals surface area contributed by atoms with Gasteiger partial charge in [0.05, 0.1) is 12.2 Å². The molecule has 3 nitrogen and oxygen atoms in total. The molecule has 1 aromatic heterocycles. The van der Waals surface area contributed by atoms with Crippen LogP contribution in [0.4, 0.5) is 10.1 Å². The lowest BCUT2D eigenvalue weighted by Gasteiger charge is -2.23.